The molecule has 26 heavy (non-hydrogen) atoms. The highest BCUT2D eigenvalue weighted by Crippen LogP contribution is 2.35. The van der Waals surface area contributed by atoms with Crippen molar-refractivity contribution < 1.29 is 4.74 Å². The van der Waals surface area contributed by atoms with Crippen molar-refractivity contribution in [1.82, 2.24) is 9.97 Å². The van der Waals surface area contributed by atoms with Crippen molar-refractivity contribution in [3.05, 3.63) is 69.1 Å². The number of nitrogens with zero attached hydrogens (tertiary/aromatic N) is 1. The number of ether oxygens (including phenoxy) is 1. The van der Waals surface area contributed by atoms with Gasteiger partial charge in [0.25, 0.3) is 5.56 Å². The molecule has 0 aliphatic heterocycles. The van der Waals surface area contributed by atoms with Crippen LogP contribution in [0.3, 0.4) is 0 Å². The summed E-state index contributed by atoms with van der Waals surface area (Å²) in [5.74, 6) is 1.16. The van der Waals surface area contributed by atoms with Crippen LogP contribution in [0, 0.1) is 0 Å². The molecule has 4 rings (SSSR count). The molecular formula is C20H17ClN2O2S. The molecule has 6 heteroatoms. The number of nitrogens with one attached hydrogen (secondary N) is 1. The zero-order valence-electron chi connectivity index (χ0n) is 14.0. The van der Waals surface area contributed by atoms with E-state index in [9.17, 15) is 4.79 Å². The summed E-state index contributed by atoms with van der Waals surface area (Å²) in [6.45, 7) is 4.09. The monoisotopic (exact) mass is 384 g/mol. The van der Waals surface area contributed by atoms with Gasteiger partial charge in [0, 0.05) is 4.88 Å². The molecule has 1 aliphatic rings. The molecule has 0 unspecified atom stereocenters. The lowest BCUT2D eigenvalue weighted by Gasteiger charge is -2.04. The van der Waals surface area contributed by atoms with Crippen molar-refractivity contribution >= 4 is 44.3 Å². The standard InChI is InChI=1S/C20H17ClN2O2S/c1-2-10-25-13-8-6-12(7-9-13)11-15(21)18-22-19(24)17-14-4-3-5-16(14)26-20(17)23-18/h2,6-9,11H,1,3-5,10H2,(H,22,23,24)/b15-11-. The first kappa shape index (κ1) is 17.1. The Morgan fingerprint density at radius 2 is 2.15 bits per heavy atom. The second-order valence-electron chi connectivity index (χ2n) is 6.11. The molecule has 4 nitrogen and oxygen atoms in total. The van der Waals surface area contributed by atoms with Crippen LogP contribution in [-0.2, 0) is 12.8 Å². The Labute approximate surface area is 159 Å². The molecule has 0 amide bonds. The summed E-state index contributed by atoms with van der Waals surface area (Å²) in [4.78, 5) is 22.0. The smallest absolute Gasteiger partial charge is 0.260 e. The van der Waals surface area contributed by atoms with Crippen LogP contribution in [-0.4, -0.2) is 16.6 Å². The Balaban J connectivity index is 1.65. The van der Waals surface area contributed by atoms with Crippen LogP contribution < -0.4 is 10.3 Å². The SMILES string of the molecule is C=CCOc1ccc(/C=C(\Cl)c2nc3sc4c(c3c(=O)[nH]2)CCC4)cc1. The van der Waals surface area contributed by atoms with Gasteiger partial charge in [-0.1, -0.05) is 36.4 Å². The predicted molar refractivity (Wildman–Crippen MR) is 108 cm³/mol. The van der Waals surface area contributed by atoms with E-state index in [0.717, 1.165) is 40.8 Å². The minimum atomic E-state index is -0.107. The molecule has 0 fully saturated rings. The molecule has 1 N–H and O–H groups in total. The summed E-state index contributed by atoms with van der Waals surface area (Å²) >= 11 is 8.03. The third-order valence-electron chi connectivity index (χ3n) is 4.34. The van der Waals surface area contributed by atoms with Crippen LogP contribution in [0.5, 0.6) is 5.75 Å². The number of aromatic amines is 1. The summed E-state index contributed by atoms with van der Waals surface area (Å²) < 4.78 is 5.46. The second-order valence-corrected chi connectivity index (χ2v) is 7.60. The van der Waals surface area contributed by atoms with E-state index < -0.39 is 0 Å². The van der Waals surface area contributed by atoms with Crippen LogP contribution in [0.4, 0.5) is 0 Å². The van der Waals surface area contributed by atoms with Gasteiger partial charge in [0.1, 0.15) is 17.2 Å². The quantitative estimate of drug-likeness (QED) is 0.644. The topological polar surface area (TPSA) is 55.0 Å². The summed E-state index contributed by atoms with van der Waals surface area (Å²) in [6.07, 6.45) is 6.59. The average molecular weight is 385 g/mol. The predicted octanol–water partition coefficient (Wildman–Crippen LogP) is 4.78. The lowest BCUT2D eigenvalue weighted by atomic mass is 10.2. The van der Waals surface area contributed by atoms with Gasteiger partial charge in [-0.05, 0) is 48.6 Å². The number of H-pyrrole nitrogens is 1. The van der Waals surface area contributed by atoms with Crippen molar-refractivity contribution in [2.75, 3.05) is 6.61 Å². The fourth-order valence-corrected chi connectivity index (χ4v) is 4.62. The van der Waals surface area contributed by atoms with Gasteiger partial charge >= 0.3 is 0 Å². The molecule has 2 heterocycles. The van der Waals surface area contributed by atoms with E-state index >= 15 is 0 Å². The van der Waals surface area contributed by atoms with E-state index in [1.54, 1.807) is 23.5 Å². The second kappa shape index (κ2) is 7.09. The minimum Gasteiger partial charge on any atom is -0.490 e. The van der Waals surface area contributed by atoms with Crippen LogP contribution in [0.15, 0.2) is 41.7 Å². The van der Waals surface area contributed by atoms with Gasteiger partial charge in [-0.3, -0.25) is 4.79 Å². The molecule has 1 aromatic carbocycles. The molecule has 0 spiro atoms. The first-order valence-electron chi connectivity index (χ1n) is 8.41. The zero-order valence-corrected chi connectivity index (χ0v) is 15.6. The number of hydrogen-bond donors (Lipinski definition) is 1. The van der Waals surface area contributed by atoms with Gasteiger partial charge in [-0.2, -0.15) is 0 Å². The number of thiophene rings is 1. The van der Waals surface area contributed by atoms with Gasteiger partial charge in [-0.15, -0.1) is 11.3 Å². The van der Waals surface area contributed by atoms with Crippen molar-refractivity contribution in [1.29, 1.82) is 0 Å². The Bertz CT molecular complexity index is 1060. The largest absolute Gasteiger partial charge is 0.490 e. The number of halogens is 1. The molecule has 3 aromatic rings. The molecule has 0 atom stereocenters. The Morgan fingerprint density at radius 3 is 2.92 bits per heavy atom. The van der Waals surface area contributed by atoms with Gasteiger partial charge < -0.3 is 9.72 Å². The zero-order chi connectivity index (χ0) is 18.1. The number of aryl methyl sites for hydroxylation is 2. The van der Waals surface area contributed by atoms with Gasteiger partial charge in [0.15, 0.2) is 5.82 Å². The van der Waals surface area contributed by atoms with Gasteiger partial charge in [0.2, 0.25) is 0 Å². The summed E-state index contributed by atoms with van der Waals surface area (Å²) in [6, 6.07) is 7.53. The van der Waals surface area contributed by atoms with E-state index in [1.807, 2.05) is 24.3 Å². The maximum Gasteiger partial charge on any atom is 0.260 e. The molecule has 0 saturated heterocycles. The number of rotatable bonds is 5. The van der Waals surface area contributed by atoms with Crippen molar-refractivity contribution in [3.8, 4) is 5.75 Å². The summed E-state index contributed by atoms with van der Waals surface area (Å²) in [7, 11) is 0. The van der Waals surface area contributed by atoms with E-state index in [4.69, 9.17) is 16.3 Å². The Kier molecular flexibility index (Phi) is 4.66. The first-order chi connectivity index (χ1) is 12.7. The van der Waals surface area contributed by atoms with E-state index in [1.165, 1.54) is 10.4 Å². The lowest BCUT2D eigenvalue weighted by Crippen LogP contribution is -2.10. The van der Waals surface area contributed by atoms with Crippen LogP contribution in [0.1, 0.15) is 28.2 Å². The van der Waals surface area contributed by atoms with Gasteiger partial charge in [-0.25, -0.2) is 4.98 Å². The lowest BCUT2D eigenvalue weighted by molar-refractivity contribution is 0.363. The molecule has 0 radical (unpaired) electrons. The molecule has 2 aromatic heterocycles. The molecular weight excluding hydrogens is 368 g/mol. The van der Waals surface area contributed by atoms with Gasteiger partial charge in [0.05, 0.1) is 10.4 Å². The van der Waals surface area contributed by atoms with Crippen LogP contribution in [0.2, 0.25) is 0 Å². The first-order valence-corrected chi connectivity index (χ1v) is 9.61. The third-order valence-corrected chi connectivity index (χ3v) is 5.82. The number of benzene rings is 1. The minimum absolute atomic E-state index is 0.107. The van der Waals surface area contributed by atoms with E-state index in [0.29, 0.717) is 17.5 Å². The third kappa shape index (κ3) is 3.20. The molecule has 1 aliphatic carbocycles. The fourth-order valence-electron chi connectivity index (χ4n) is 3.15. The van der Waals surface area contributed by atoms with Crippen molar-refractivity contribution in [2.24, 2.45) is 0 Å². The number of fused-ring (bicyclic) bond motifs is 3. The maximum absolute atomic E-state index is 12.5. The summed E-state index contributed by atoms with van der Waals surface area (Å²) in [5.41, 5.74) is 1.96. The van der Waals surface area contributed by atoms with Crippen LogP contribution >= 0.6 is 22.9 Å². The number of aromatic nitrogens is 2. The molecule has 0 saturated carbocycles. The average Bonchev–Trinajstić information content (AvgIpc) is 3.21. The highest BCUT2D eigenvalue weighted by atomic mass is 35.5. The maximum atomic E-state index is 12.5. The number of hydrogen-bond acceptors (Lipinski definition) is 4. The Morgan fingerprint density at radius 1 is 1.35 bits per heavy atom. The van der Waals surface area contributed by atoms with Crippen LogP contribution in [0.25, 0.3) is 21.3 Å². The molecule has 132 valence electrons. The van der Waals surface area contributed by atoms with E-state index in [-0.39, 0.29) is 5.56 Å². The summed E-state index contributed by atoms with van der Waals surface area (Å²) in [5, 5.41) is 1.14. The normalized spacial score (nSPS) is 13.8. The molecule has 0 bridgehead atoms. The van der Waals surface area contributed by atoms with E-state index in [2.05, 4.69) is 16.5 Å². The highest BCUT2D eigenvalue weighted by molar-refractivity contribution is 7.18. The van der Waals surface area contributed by atoms with Crippen molar-refractivity contribution in [2.45, 2.75) is 19.3 Å². The fraction of sp³-hybridized carbons (Fsp3) is 0.200. The Hall–Kier alpha value is -2.37. The highest BCUT2D eigenvalue weighted by Gasteiger charge is 2.21. The van der Waals surface area contributed by atoms with Crippen molar-refractivity contribution in [3.63, 3.8) is 0 Å².